The Bertz CT molecular complexity index is 753. The van der Waals surface area contributed by atoms with E-state index in [9.17, 15) is 8.42 Å². The third-order valence-corrected chi connectivity index (χ3v) is 4.79. The highest BCUT2D eigenvalue weighted by Crippen LogP contribution is 2.22. The number of hydrogen-bond acceptors (Lipinski definition) is 4. The summed E-state index contributed by atoms with van der Waals surface area (Å²) in [6.07, 6.45) is 3.95. The Kier molecular flexibility index (Phi) is 4.54. The average molecular weight is 306 g/mol. The molecule has 1 heterocycles. The van der Waals surface area contributed by atoms with Gasteiger partial charge in [0.15, 0.2) is 0 Å². The molecule has 21 heavy (non-hydrogen) atoms. The van der Waals surface area contributed by atoms with Crippen LogP contribution in [0.4, 0.5) is 0 Å². The fraction of sp³-hybridized carbons (Fsp3) is 0.286. The van der Waals surface area contributed by atoms with Crippen LogP contribution in [-0.4, -0.2) is 25.3 Å². The summed E-state index contributed by atoms with van der Waals surface area (Å²) in [5.41, 5.74) is 5.36. The first-order valence-electron chi connectivity index (χ1n) is 6.62. The first kappa shape index (κ1) is 15.4. The Hall–Kier alpha value is -1.99. The molecular formula is C14H18N4O2S. The topological polar surface area (TPSA) is 109 Å². The molecule has 0 aliphatic heterocycles. The minimum atomic E-state index is -3.67. The quantitative estimate of drug-likeness (QED) is 0.556. The first-order chi connectivity index (χ1) is 9.94. The molecule has 1 atom stereocenters. The lowest BCUT2D eigenvalue weighted by atomic mass is 10.1. The van der Waals surface area contributed by atoms with Gasteiger partial charge in [-0.3, -0.25) is 10.4 Å². The van der Waals surface area contributed by atoms with Crippen LogP contribution in [0.1, 0.15) is 19.8 Å². The van der Waals surface area contributed by atoms with Gasteiger partial charge in [0.2, 0.25) is 10.0 Å². The van der Waals surface area contributed by atoms with Crippen molar-refractivity contribution in [3.8, 4) is 0 Å². The Morgan fingerprint density at radius 1 is 1.43 bits per heavy atom. The van der Waals surface area contributed by atoms with Crippen LogP contribution in [-0.2, 0) is 10.0 Å². The molecule has 0 radical (unpaired) electrons. The van der Waals surface area contributed by atoms with E-state index in [-0.39, 0.29) is 23.2 Å². The molecule has 0 saturated heterocycles. The van der Waals surface area contributed by atoms with Crippen LogP contribution in [0.5, 0.6) is 0 Å². The molecule has 1 unspecified atom stereocenters. The summed E-state index contributed by atoms with van der Waals surface area (Å²) in [4.78, 5) is 4.21. The van der Waals surface area contributed by atoms with Crippen molar-refractivity contribution >= 4 is 26.6 Å². The molecular weight excluding hydrogens is 288 g/mol. The molecule has 0 aliphatic rings. The van der Waals surface area contributed by atoms with Crippen molar-refractivity contribution in [1.29, 1.82) is 5.41 Å². The molecule has 2 aromatic rings. The minimum absolute atomic E-state index is 0.0355. The number of nitrogens with two attached hydrogens (primary N) is 1. The van der Waals surface area contributed by atoms with E-state index in [1.165, 1.54) is 0 Å². The lowest BCUT2D eigenvalue weighted by Gasteiger charge is -2.17. The second-order valence-corrected chi connectivity index (χ2v) is 6.49. The highest BCUT2D eigenvalue weighted by Gasteiger charge is 2.21. The monoisotopic (exact) mass is 306 g/mol. The van der Waals surface area contributed by atoms with Crippen LogP contribution < -0.4 is 10.5 Å². The van der Waals surface area contributed by atoms with Gasteiger partial charge in [-0.25, -0.2) is 13.1 Å². The molecule has 0 amide bonds. The SMILES string of the molecule is CCC(CC(=N)N)NS(=O)(=O)c1cccc2cnccc12. The van der Waals surface area contributed by atoms with E-state index in [1.54, 1.807) is 30.6 Å². The number of aromatic nitrogens is 1. The number of rotatable bonds is 6. The van der Waals surface area contributed by atoms with Crippen molar-refractivity contribution in [2.45, 2.75) is 30.7 Å². The molecule has 1 aromatic carbocycles. The van der Waals surface area contributed by atoms with Gasteiger partial charge in [0, 0.05) is 35.6 Å². The molecule has 0 bridgehead atoms. The van der Waals surface area contributed by atoms with Gasteiger partial charge < -0.3 is 5.73 Å². The number of fused-ring (bicyclic) bond motifs is 1. The Morgan fingerprint density at radius 2 is 2.19 bits per heavy atom. The van der Waals surface area contributed by atoms with Crippen molar-refractivity contribution in [3.63, 3.8) is 0 Å². The van der Waals surface area contributed by atoms with E-state index < -0.39 is 10.0 Å². The highest BCUT2D eigenvalue weighted by atomic mass is 32.2. The van der Waals surface area contributed by atoms with Gasteiger partial charge in [-0.15, -0.1) is 0 Å². The summed E-state index contributed by atoms with van der Waals surface area (Å²) in [6.45, 7) is 1.85. The average Bonchev–Trinajstić information content (AvgIpc) is 2.45. The number of nitrogens with zero attached hydrogens (tertiary/aromatic N) is 1. The fourth-order valence-corrected chi connectivity index (χ4v) is 3.69. The number of hydrogen-bond donors (Lipinski definition) is 3. The number of sulfonamides is 1. The van der Waals surface area contributed by atoms with Crippen molar-refractivity contribution in [1.82, 2.24) is 9.71 Å². The van der Waals surface area contributed by atoms with Gasteiger partial charge in [0.25, 0.3) is 0 Å². The van der Waals surface area contributed by atoms with Crippen molar-refractivity contribution in [2.24, 2.45) is 5.73 Å². The third-order valence-electron chi connectivity index (χ3n) is 3.21. The first-order valence-corrected chi connectivity index (χ1v) is 8.10. The third kappa shape index (κ3) is 3.56. The largest absolute Gasteiger partial charge is 0.388 e. The molecule has 0 fully saturated rings. The second kappa shape index (κ2) is 6.19. The maximum atomic E-state index is 12.6. The molecule has 7 heteroatoms. The van der Waals surface area contributed by atoms with Gasteiger partial charge >= 0.3 is 0 Å². The Balaban J connectivity index is 2.40. The van der Waals surface area contributed by atoms with E-state index in [4.69, 9.17) is 11.1 Å². The summed E-state index contributed by atoms with van der Waals surface area (Å²) in [6, 6.07) is 6.35. The van der Waals surface area contributed by atoms with E-state index in [0.717, 1.165) is 5.39 Å². The molecule has 2 rings (SSSR count). The summed E-state index contributed by atoms with van der Waals surface area (Å²) in [5, 5.41) is 8.69. The fourth-order valence-electron chi connectivity index (χ4n) is 2.14. The van der Waals surface area contributed by atoms with E-state index in [1.807, 2.05) is 13.0 Å². The van der Waals surface area contributed by atoms with Crippen LogP contribution in [0.15, 0.2) is 41.6 Å². The zero-order valence-corrected chi connectivity index (χ0v) is 12.5. The highest BCUT2D eigenvalue weighted by molar-refractivity contribution is 7.89. The Labute approximate surface area is 123 Å². The minimum Gasteiger partial charge on any atom is -0.388 e. The van der Waals surface area contributed by atoms with Gasteiger partial charge in [-0.1, -0.05) is 19.1 Å². The molecule has 0 spiro atoms. The second-order valence-electron chi connectivity index (χ2n) is 4.81. The maximum absolute atomic E-state index is 12.6. The van der Waals surface area contributed by atoms with Gasteiger partial charge in [0.05, 0.1) is 10.7 Å². The van der Waals surface area contributed by atoms with Crippen LogP contribution >= 0.6 is 0 Å². The van der Waals surface area contributed by atoms with Crippen LogP contribution in [0.25, 0.3) is 10.8 Å². The summed E-state index contributed by atoms with van der Waals surface area (Å²) in [7, 11) is -3.67. The zero-order valence-electron chi connectivity index (χ0n) is 11.7. The standard InChI is InChI=1S/C14H18N4O2S/c1-2-11(8-14(15)16)18-21(19,20)13-5-3-4-10-9-17-7-6-12(10)13/h3-7,9,11,18H,2,8H2,1H3,(H3,15,16). The van der Waals surface area contributed by atoms with Crippen molar-refractivity contribution < 1.29 is 8.42 Å². The molecule has 1 aromatic heterocycles. The van der Waals surface area contributed by atoms with Crippen molar-refractivity contribution in [2.75, 3.05) is 0 Å². The van der Waals surface area contributed by atoms with Crippen LogP contribution in [0.3, 0.4) is 0 Å². The van der Waals surface area contributed by atoms with Crippen LogP contribution in [0.2, 0.25) is 0 Å². The van der Waals surface area contributed by atoms with Gasteiger partial charge in [-0.2, -0.15) is 0 Å². The summed E-state index contributed by atoms with van der Waals surface area (Å²) < 4.78 is 27.7. The summed E-state index contributed by atoms with van der Waals surface area (Å²) >= 11 is 0. The normalized spacial score (nSPS) is 13.2. The lowest BCUT2D eigenvalue weighted by molar-refractivity contribution is 0.546. The van der Waals surface area contributed by atoms with E-state index in [0.29, 0.717) is 11.8 Å². The van der Waals surface area contributed by atoms with Crippen LogP contribution in [0, 0.1) is 5.41 Å². The summed E-state index contributed by atoms with van der Waals surface area (Å²) in [5.74, 6) is -0.0355. The van der Waals surface area contributed by atoms with E-state index in [2.05, 4.69) is 9.71 Å². The smallest absolute Gasteiger partial charge is 0.241 e. The van der Waals surface area contributed by atoms with Gasteiger partial charge in [0.1, 0.15) is 0 Å². The maximum Gasteiger partial charge on any atom is 0.241 e. The number of nitrogens with one attached hydrogen (secondary N) is 2. The number of benzene rings is 1. The zero-order chi connectivity index (χ0) is 15.5. The molecule has 112 valence electrons. The predicted octanol–water partition coefficient (Wildman–Crippen LogP) is 1.62. The molecule has 0 aliphatic carbocycles. The molecule has 0 saturated carbocycles. The van der Waals surface area contributed by atoms with Gasteiger partial charge in [-0.05, 0) is 18.6 Å². The molecule has 4 N–H and O–H groups in total. The van der Waals surface area contributed by atoms with Crippen molar-refractivity contribution in [3.05, 3.63) is 36.7 Å². The Morgan fingerprint density at radius 3 is 2.86 bits per heavy atom. The van der Waals surface area contributed by atoms with E-state index >= 15 is 0 Å². The lowest BCUT2D eigenvalue weighted by Crippen LogP contribution is -2.37. The number of pyridine rings is 1. The molecule has 6 nitrogen and oxygen atoms in total. The predicted molar refractivity (Wildman–Crippen MR) is 82.7 cm³/mol. The number of amidine groups is 1.